The molecule has 2 N–H and O–H groups in total. The number of hydrogen-bond acceptors (Lipinski definition) is 4. The van der Waals surface area contributed by atoms with Crippen LogP contribution in [0.3, 0.4) is 0 Å². The van der Waals surface area contributed by atoms with Gasteiger partial charge >= 0.3 is 5.97 Å². The summed E-state index contributed by atoms with van der Waals surface area (Å²) < 4.78 is 11.2. The second-order valence-corrected chi connectivity index (χ2v) is 5.67. The van der Waals surface area contributed by atoms with Gasteiger partial charge in [0.05, 0.1) is 13.2 Å². The van der Waals surface area contributed by atoms with E-state index in [2.05, 4.69) is 5.32 Å². The Labute approximate surface area is 158 Å². The largest absolute Gasteiger partial charge is 0.490 e. The molecule has 6 heteroatoms. The zero-order chi connectivity index (χ0) is 19.6. The van der Waals surface area contributed by atoms with Crippen LogP contribution in [-0.2, 0) is 4.79 Å². The highest BCUT2D eigenvalue weighted by atomic mass is 16.5. The van der Waals surface area contributed by atoms with Gasteiger partial charge in [0, 0.05) is 5.56 Å². The van der Waals surface area contributed by atoms with Gasteiger partial charge in [-0.25, -0.2) is 4.79 Å². The van der Waals surface area contributed by atoms with E-state index in [0.717, 1.165) is 6.42 Å². The van der Waals surface area contributed by atoms with E-state index in [1.54, 1.807) is 48.5 Å². The minimum Gasteiger partial charge on any atom is -0.490 e. The number of ether oxygens (including phenoxy) is 2. The summed E-state index contributed by atoms with van der Waals surface area (Å²) in [5, 5.41) is 11.9. The molecule has 0 aliphatic carbocycles. The summed E-state index contributed by atoms with van der Waals surface area (Å²) in [6.45, 7) is 4.87. The lowest BCUT2D eigenvalue weighted by Gasteiger charge is -2.12. The first-order valence-electron chi connectivity index (χ1n) is 8.76. The van der Waals surface area contributed by atoms with Crippen molar-refractivity contribution in [3.05, 3.63) is 65.4 Å². The van der Waals surface area contributed by atoms with Crippen LogP contribution in [0.1, 0.15) is 36.2 Å². The third kappa shape index (κ3) is 5.88. The van der Waals surface area contributed by atoms with Crippen molar-refractivity contribution < 1.29 is 24.2 Å². The molecule has 142 valence electrons. The summed E-state index contributed by atoms with van der Waals surface area (Å²) in [6, 6.07) is 13.6. The van der Waals surface area contributed by atoms with Crippen LogP contribution in [0.2, 0.25) is 0 Å². The molecule has 2 rings (SSSR count). The Morgan fingerprint density at radius 1 is 1.04 bits per heavy atom. The van der Waals surface area contributed by atoms with Crippen molar-refractivity contribution in [2.45, 2.75) is 20.3 Å². The van der Waals surface area contributed by atoms with Crippen molar-refractivity contribution in [3.8, 4) is 11.5 Å². The molecule has 0 spiro atoms. The van der Waals surface area contributed by atoms with Crippen molar-refractivity contribution in [3.63, 3.8) is 0 Å². The molecule has 0 heterocycles. The normalized spacial score (nSPS) is 11.0. The zero-order valence-corrected chi connectivity index (χ0v) is 15.4. The Balaban J connectivity index is 2.27. The smallest absolute Gasteiger partial charge is 0.352 e. The number of amides is 1. The van der Waals surface area contributed by atoms with Crippen LogP contribution >= 0.6 is 0 Å². The highest BCUT2D eigenvalue weighted by molar-refractivity contribution is 6.02. The topological polar surface area (TPSA) is 84.9 Å². The third-order valence-electron chi connectivity index (χ3n) is 3.55. The third-order valence-corrected chi connectivity index (χ3v) is 3.55. The fourth-order valence-corrected chi connectivity index (χ4v) is 2.32. The molecule has 0 aromatic heterocycles. The van der Waals surface area contributed by atoms with Gasteiger partial charge in [-0.05, 0) is 49.2 Å². The fourth-order valence-electron chi connectivity index (χ4n) is 2.32. The minimum atomic E-state index is -1.23. The molecule has 0 radical (unpaired) electrons. The van der Waals surface area contributed by atoms with Crippen LogP contribution in [-0.4, -0.2) is 30.2 Å². The monoisotopic (exact) mass is 369 g/mol. The maximum absolute atomic E-state index is 12.2. The Morgan fingerprint density at radius 3 is 2.41 bits per heavy atom. The number of carboxylic acids is 1. The van der Waals surface area contributed by atoms with Crippen molar-refractivity contribution >= 4 is 18.0 Å². The lowest BCUT2D eigenvalue weighted by atomic mass is 10.1. The van der Waals surface area contributed by atoms with Gasteiger partial charge in [-0.3, -0.25) is 4.79 Å². The molecule has 0 aliphatic rings. The standard InChI is InChI=1S/C21H23NO5/c1-3-12-27-18-11-10-15(14-19(18)26-4-2)13-17(21(24)25)22-20(23)16-8-6-5-7-9-16/h5-11,13-14H,3-4,12H2,1-2H3,(H,22,23)(H,24,25)/b17-13+. The second-order valence-electron chi connectivity index (χ2n) is 5.67. The van der Waals surface area contributed by atoms with Crippen LogP contribution in [0.15, 0.2) is 54.2 Å². The molecule has 0 unspecified atom stereocenters. The second kappa shape index (κ2) is 10.0. The minimum absolute atomic E-state index is 0.228. The van der Waals surface area contributed by atoms with Gasteiger partial charge in [0.25, 0.3) is 5.91 Å². The zero-order valence-electron chi connectivity index (χ0n) is 15.4. The summed E-state index contributed by atoms with van der Waals surface area (Å²) in [5.74, 6) is -0.597. The van der Waals surface area contributed by atoms with Crippen LogP contribution in [0, 0.1) is 0 Å². The molecule has 0 bridgehead atoms. The molecular formula is C21H23NO5. The van der Waals surface area contributed by atoms with E-state index in [1.165, 1.54) is 6.08 Å². The number of carboxylic acid groups (broad SMARTS) is 1. The average molecular weight is 369 g/mol. The molecule has 27 heavy (non-hydrogen) atoms. The quantitative estimate of drug-likeness (QED) is 0.658. The van der Waals surface area contributed by atoms with E-state index in [0.29, 0.717) is 35.8 Å². The van der Waals surface area contributed by atoms with E-state index in [9.17, 15) is 14.7 Å². The van der Waals surface area contributed by atoms with E-state index >= 15 is 0 Å². The van der Waals surface area contributed by atoms with Crippen molar-refractivity contribution in [1.29, 1.82) is 0 Å². The number of benzene rings is 2. The van der Waals surface area contributed by atoms with E-state index in [1.807, 2.05) is 13.8 Å². The molecular weight excluding hydrogens is 346 g/mol. The Hall–Kier alpha value is -3.28. The summed E-state index contributed by atoms with van der Waals surface area (Å²) >= 11 is 0. The predicted octanol–water partition coefficient (Wildman–Crippen LogP) is 3.73. The van der Waals surface area contributed by atoms with Gasteiger partial charge in [0.15, 0.2) is 11.5 Å². The molecule has 0 saturated carbocycles. The summed E-state index contributed by atoms with van der Waals surface area (Å²) in [5.41, 5.74) is 0.726. The molecule has 0 atom stereocenters. The number of nitrogens with one attached hydrogen (secondary N) is 1. The molecule has 0 saturated heterocycles. The summed E-state index contributed by atoms with van der Waals surface area (Å²) in [4.78, 5) is 23.8. The molecule has 0 fully saturated rings. The van der Waals surface area contributed by atoms with Gasteiger partial charge in [0.1, 0.15) is 5.70 Å². The first-order valence-corrected chi connectivity index (χ1v) is 8.76. The number of carbonyl (C=O) groups excluding carboxylic acids is 1. The summed E-state index contributed by atoms with van der Waals surface area (Å²) in [6.07, 6.45) is 2.25. The average Bonchev–Trinajstić information content (AvgIpc) is 2.67. The number of aliphatic carboxylic acids is 1. The van der Waals surface area contributed by atoms with E-state index in [4.69, 9.17) is 9.47 Å². The van der Waals surface area contributed by atoms with E-state index < -0.39 is 11.9 Å². The van der Waals surface area contributed by atoms with E-state index in [-0.39, 0.29) is 5.70 Å². The van der Waals surface area contributed by atoms with Crippen molar-refractivity contribution in [2.75, 3.05) is 13.2 Å². The highest BCUT2D eigenvalue weighted by Gasteiger charge is 2.14. The highest BCUT2D eigenvalue weighted by Crippen LogP contribution is 2.29. The lowest BCUT2D eigenvalue weighted by molar-refractivity contribution is -0.132. The maximum Gasteiger partial charge on any atom is 0.352 e. The first kappa shape index (κ1) is 20.0. The fraction of sp³-hybridized carbons (Fsp3) is 0.238. The van der Waals surface area contributed by atoms with Gasteiger partial charge in [-0.1, -0.05) is 31.2 Å². The molecule has 0 aliphatic heterocycles. The SMILES string of the molecule is CCCOc1ccc(/C=C(/NC(=O)c2ccccc2)C(=O)O)cc1OCC. The predicted molar refractivity (Wildman–Crippen MR) is 103 cm³/mol. The maximum atomic E-state index is 12.2. The molecule has 2 aromatic carbocycles. The number of carbonyl (C=O) groups is 2. The Kier molecular flexibility index (Phi) is 7.43. The van der Waals surface area contributed by atoms with Gasteiger partial charge < -0.3 is 19.9 Å². The summed E-state index contributed by atoms with van der Waals surface area (Å²) in [7, 11) is 0. The number of rotatable bonds is 9. The van der Waals surface area contributed by atoms with Gasteiger partial charge in [-0.15, -0.1) is 0 Å². The molecule has 2 aromatic rings. The first-order chi connectivity index (χ1) is 13.0. The van der Waals surface area contributed by atoms with Crippen LogP contribution in [0.25, 0.3) is 6.08 Å². The van der Waals surface area contributed by atoms with Crippen LogP contribution in [0.5, 0.6) is 11.5 Å². The van der Waals surface area contributed by atoms with Gasteiger partial charge in [0.2, 0.25) is 0 Å². The lowest BCUT2D eigenvalue weighted by Crippen LogP contribution is -2.27. The number of hydrogen-bond donors (Lipinski definition) is 2. The Morgan fingerprint density at radius 2 is 1.78 bits per heavy atom. The molecule has 6 nitrogen and oxygen atoms in total. The van der Waals surface area contributed by atoms with Crippen molar-refractivity contribution in [1.82, 2.24) is 5.32 Å². The van der Waals surface area contributed by atoms with Crippen molar-refractivity contribution in [2.24, 2.45) is 0 Å². The Bertz CT molecular complexity index is 815. The molecule has 1 amide bonds. The van der Waals surface area contributed by atoms with Crippen LogP contribution < -0.4 is 14.8 Å². The van der Waals surface area contributed by atoms with Gasteiger partial charge in [-0.2, -0.15) is 0 Å². The van der Waals surface area contributed by atoms with Crippen LogP contribution in [0.4, 0.5) is 0 Å².